The minimum absolute atomic E-state index is 0.153. The predicted octanol–water partition coefficient (Wildman–Crippen LogP) is 10.9. The van der Waals surface area contributed by atoms with E-state index in [9.17, 15) is 9.59 Å². The highest BCUT2D eigenvalue weighted by Gasteiger charge is 2.17. The number of aromatic carboxylic acids is 1. The maximum Gasteiger partial charge on any atom is 0.335 e. The van der Waals surface area contributed by atoms with E-state index < -0.39 is 5.97 Å². The molecule has 0 unspecified atom stereocenters. The lowest BCUT2D eigenvalue weighted by Crippen LogP contribution is -2.13. The third kappa shape index (κ3) is 6.93. The highest BCUT2D eigenvalue weighted by Crippen LogP contribution is 2.35. The van der Waals surface area contributed by atoms with Crippen LogP contribution >= 0.6 is 46.4 Å². The lowest BCUT2D eigenvalue weighted by Gasteiger charge is -2.16. The van der Waals surface area contributed by atoms with Gasteiger partial charge in [-0.25, -0.2) is 14.8 Å². The summed E-state index contributed by atoms with van der Waals surface area (Å²) in [6.07, 6.45) is 4.65. The second-order valence-corrected chi connectivity index (χ2v) is 13.4. The van der Waals surface area contributed by atoms with Crippen molar-refractivity contribution >= 4 is 86.0 Å². The maximum absolute atomic E-state index is 12.8. The van der Waals surface area contributed by atoms with Gasteiger partial charge in [0.2, 0.25) is 0 Å². The minimum atomic E-state index is -0.987. The molecule has 0 aliphatic heterocycles. The Labute approximate surface area is 306 Å². The van der Waals surface area contributed by atoms with Gasteiger partial charge in [-0.15, -0.1) is 0 Å². The van der Waals surface area contributed by atoms with Gasteiger partial charge in [0.25, 0.3) is 5.91 Å². The highest BCUT2D eigenvalue weighted by atomic mass is 35.5. The van der Waals surface area contributed by atoms with Crippen molar-refractivity contribution in [3.8, 4) is 22.8 Å². The molecule has 5 aromatic carbocycles. The topological polar surface area (TPSA) is 124 Å². The van der Waals surface area contributed by atoms with E-state index in [0.29, 0.717) is 59.5 Å². The summed E-state index contributed by atoms with van der Waals surface area (Å²) in [5, 5.41) is 14.0. The molecule has 2 heterocycles. The number of carboxylic acid groups (broad SMARTS) is 1. The largest absolute Gasteiger partial charge is 0.478 e. The molecule has 12 heteroatoms. The fraction of sp³-hybridized carbons (Fsp3) is 0.105. The van der Waals surface area contributed by atoms with E-state index in [2.05, 4.69) is 37.4 Å². The molecule has 250 valence electrons. The maximum atomic E-state index is 12.8. The number of aryl methyl sites for hydroxylation is 2. The normalized spacial score (nSPS) is 12.3. The van der Waals surface area contributed by atoms with E-state index >= 15 is 0 Å². The summed E-state index contributed by atoms with van der Waals surface area (Å²) < 4.78 is 0. The SMILES string of the molecule is O=C(Nc1ccc2c(c1)CCCC2)c1ccc2nc(-c3c(Cl)cccc3Cl)[nH]c2c1.O=C(O)c1ccc2nc(-c3c(Cl)cccc3Cl)[nH]c2c1. The van der Waals surface area contributed by atoms with Crippen LogP contribution in [0.4, 0.5) is 5.69 Å². The van der Waals surface area contributed by atoms with Crippen LogP contribution in [0, 0.1) is 0 Å². The summed E-state index contributed by atoms with van der Waals surface area (Å²) in [5.74, 6) is -0.0515. The molecule has 2 aromatic heterocycles. The fourth-order valence-corrected chi connectivity index (χ4v) is 7.15. The number of H-pyrrole nitrogens is 2. The van der Waals surface area contributed by atoms with E-state index in [1.54, 1.807) is 54.6 Å². The number of benzene rings is 5. The van der Waals surface area contributed by atoms with Crippen molar-refractivity contribution in [3.05, 3.63) is 133 Å². The summed E-state index contributed by atoms with van der Waals surface area (Å²) in [6, 6.07) is 26.8. The number of anilines is 1. The molecule has 0 bridgehead atoms. The van der Waals surface area contributed by atoms with Crippen LogP contribution in [0.5, 0.6) is 0 Å². The Morgan fingerprint density at radius 2 is 1.12 bits per heavy atom. The van der Waals surface area contributed by atoms with Crippen molar-refractivity contribution in [2.45, 2.75) is 25.7 Å². The standard InChI is InChI=1S/C24H19Cl2N3O.C14H8Cl2N2O2/c25-18-6-3-7-19(26)22(18)23-28-20-11-9-16(13-21(20)29-23)24(30)27-17-10-8-14-4-1-2-5-15(14)12-17;15-8-2-1-3-9(16)12(8)13-17-10-5-4-7(14(19)20)6-11(10)18-13/h3,6-13H,1-2,4-5H2,(H,27,30)(H,28,29);1-6H,(H,17,18)(H,19,20). The average molecular weight is 743 g/mol. The first-order chi connectivity index (χ1) is 24.1. The van der Waals surface area contributed by atoms with E-state index in [1.807, 2.05) is 12.1 Å². The molecule has 0 radical (unpaired) electrons. The molecule has 0 saturated heterocycles. The first-order valence-corrected chi connectivity index (χ1v) is 17.2. The van der Waals surface area contributed by atoms with Crippen LogP contribution in [-0.4, -0.2) is 36.9 Å². The molecule has 1 aliphatic carbocycles. The number of carbonyl (C=O) groups excluding carboxylic acids is 1. The Kier molecular flexibility index (Phi) is 9.53. The lowest BCUT2D eigenvalue weighted by atomic mass is 9.91. The third-order valence-electron chi connectivity index (χ3n) is 8.48. The number of fused-ring (bicyclic) bond motifs is 3. The monoisotopic (exact) mass is 741 g/mol. The average Bonchev–Trinajstić information content (AvgIpc) is 3.71. The number of hydrogen-bond acceptors (Lipinski definition) is 4. The van der Waals surface area contributed by atoms with Gasteiger partial charge in [0.05, 0.1) is 58.8 Å². The van der Waals surface area contributed by atoms with Gasteiger partial charge in [-0.3, -0.25) is 4.79 Å². The Morgan fingerprint density at radius 3 is 1.66 bits per heavy atom. The van der Waals surface area contributed by atoms with Crippen LogP contribution in [0.15, 0.2) is 91.0 Å². The summed E-state index contributed by atoms with van der Waals surface area (Å²) in [4.78, 5) is 39.0. The first kappa shape index (κ1) is 33.6. The predicted molar refractivity (Wildman–Crippen MR) is 201 cm³/mol. The Hall–Kier alpha value is -4.86. The molecule has 8 rings (SSSR count). The molecule has 7 aromatic rings. The lowest BCUT2D eigenvalue weighted by molar-refractivity contribution is 0.0696. The molecule has 1 amide bonds. The van der Waals surface area contributed by atoms with Crippen LogP contribution in [0.1, 0.15) is 44.7 Å². The summed E-state index contributed by atoms with van der Waals surface area (Å²) >= 11 is 24.9. The molecule has 4 N–H and O–H groups in total. The number of carbonyl (C=O) groups is 2. The third-order valence-corrected chi connectivity index (χ3v) is 9.74. The van der Waals surface area contributed by atoms with Crippen LogP contribution in [0.2, 0.25) is 20.1 Å². The van der Waals surface area contributed by atoms with Crippen LogP contribution in [0.3, 0.4) is 0 Å². The number of carboxylic acids is 1. The van der Waals surface area contributed by atoms with Crippen molar-refractivity contribution in [3.63, 3.8) is 0 Å². The zero-order valence-electron chi connectivity index (χ0n) is 26.2. The minimum Gasteiger partial charge on any atom is -0.478 e. The number of imidazole rings is 2. The van der Waals surface area contributed by atoms with Crippen LogP contribution < -0.4 is 5.32 Å². The number of halogens is 4. The van der Waals surface area contributed by atoms with Gasteiger partial charge >= 0.3 is 5.97 Å². The molecular weight excluding hydrogens is 716 g/mol. The molecule has 0 atom stereocenters. The Balaban J connectivity index is 0.000000170. The second kappa shape index (κ2) is 14.2. The van der Waals surface area contributed by atoms with Gasteiger partial charge in [-0.1, -0.05) is 64.6 Å². The summed E-state index contributed by atoms with van der Waals surface area (Å²) in [6.45, 7) is 0. The molecule has 0 saturated carbocycles. The van der Waals surface area contributed by atoms with Crippen molar-refractivity contribution in [2.75, 3.05) is 5.32 Å². The fourth-order valence-electron chi connectivity index (χ4n) is 5.99. The van der Waals surface area contributed by atoms with Crippen LogP contribution in [0.25, 0.3) is 44.8 Å². The number of aromatic amines is 2. The van der Waals surface area contributed by atoms with E-state index in [-0.39, 0.29) is 11.5 Å². The first-order valence-electron chi connectivity index (χ1n) is 15.7. The molecule has 8 nitrogen and oxygen atoms in total. The number of nitrogens with zero attached hydrogens (tertiary/aromatic N) is 2. The summed E-state index contributed by atoms with van der Waals surface area (Å²) in [7, 11) is 0. The number of amides is 1. The van der Waals surface area contributed by atoms with Gasteiger partial charge in [0.15, 0.2) is 0 Å². The number of hydrogen-bond donors (Lipinski definition) is 4. The number of aromatic nitrogens is 4. The van der Waals surface area contributed by atoms with Gasteiger partial charge < -0.3 is 20.4 Å². The van der Waals surface area contributed by atoms with E-state index in [4.69, 9.17) is 51.5 Å². The van der Waals surface area contributed by atoms with Crippen LogP contribution in [-0.2, 0) is 12.8 Å². The van der Waals surface area contributed by atoms with Gasteiger partial charge in [-0.05, 0) is 110 Å². The van der Waals surface area contributed by atoms with Gasteiger partial charge in [0.1, 0.15) is 11.6 Å². The molecule has 1 aliphatic rings. The van der Waals surface area contributed by atoms with Gasteiger partial charge in [0, 0.05) is 11.3 Å². The molecular formula is C38H27Cl4N5O3. The quantitative estimate of drug-likeness (QED) is 0.140. The summed E-state index contributed by atoms with van der Waals surface area (Å²) in [5.41, 5.74) is 8.32. The van der Waals surface area contributed by atoms with E-state index in [1.165, 1.54) is 36.1 Å². The van der Waals surface area contributed by atoms with Crippen molar-refractivity contribution in [2.24, 2.45) is 0 Å². The Morgan fingerprint density at radius 1 is 0.620 bits per heavy atom. The number of nitrogens with one attached hydrogen (secondary N) is 3. The molecule has 0 spiro atoms. The Bertz CT molecular complexity index is 2400. The zero-order valence-corrected chi connectivity index (χ0v) is 29.2. The van der Waals surface area contributed by atoms with Crippen molar-refractivity contribution in [1.82, 2.24) is 19.9 Å². The smallest absolute Gasteiger partial charge is 0.335 e. The van der Waals surface area contributed by atoms with E-state index in [0.717, 1.165) is 29.6 Å². The molecule has 50 heavy (non-hydrogen) atoms. The molecule has 0 fully saturated rings. The number of rotatable bonds is 5. The van der Waals surface area contributed by atoms with Gasteiger partial charge in [-0.2, -0.15) is 0 Å². The second-order valence-electron chi connectivity index (χ2n) is 11.8. The zero-order chi connectivity index (χ0) is 34.9. The highest BCUT2D eigenvalue weighted by molar-refractivity contribution is 6.39. The van der Waals surface area contributed by atoms with Crippen molar-refractivity contribution < 1.29 is 14.7 Å². The van der Waals surface area contributed by atoms with Crippen molar-refractivity contribution in [1.29, 1.82) is 0 Å².